The van der Waals surface area contributed by atoms with Gasteiger partial charge in [-0.25, -0.2) is 0 Å². The quantitative estimate of drug-likeness (QED) is 0.369. The molecular weight excluding hydrogens is 442 g/mol. The number of alkyl halides is 3. The molecule has 0 fully saturated rings. The minimum absolute atomic E-state index is 0. The van der Waals surface area contributed by atoms with Crippen LogP contribution in [0.15, 0.2) is 42.5 Å². The molecule has 3 nitrogen and oxygen atoms in total. The molecule has 0 saturated heterocycles. The van der Waals surface area contributed by atoms with Crippen LogP contribution in [0.4, 0.5) is 13.2 Å². The summed E-state index contributed by atoms with van der Waals surface area (Å²) in [6.07, 6.45) is 3.69. The van der Waals surface area contributed by atoms with Crippen molar-refractivity contribution in [2.24, 2.45) is 0 Å². The minimum atomic E-state index is -5.70. The standard InChI is InChI=1S/C17H12F3O3S.CH3.Y/c1-11-15-5-3-2-4-12(15)6-7-13-8-9-14(10-16(11)13)23-24(21,22)17(18,19)20;;/h2-11H,1H2;1H3;/q2*-1;. The van der Waals surface area contributed by atoms with E-state index in [1.165, 1.54) is 18.2 Å². The molecule has 2 aromatic carbocycles. The van der Waals surface area contributed by atoms with Crippen molar-refractivity contribution in [2.75, 3.05) is 0 Å². The first kappa shape index (κ1) is 22.9. The van der Waals surface area contributed by atoms with Crippen molar-refractivity contribution < 1.29 is 58.5 Å². The summed E-state index contributed by atoms with van der Waals surface area (Å²) < 4.78 is 63.9. The first-order valence-electron chi connectivity index (χ1n) is 6.94. The van der Waals surface area contributed by atoms with Gasteiger partial charge in [0.1, 0.15) is 5.75 Å². The number of hydrogen-bond donors (Lipinski definition) is 0. The predicted molar refractivity (Wildman–Crippen MR) is 91.0 cm³/mol. The molecule has 0 aromatic heterocycles. The summed E-state index contributed by atoms with van der Waals surface area (Å²) in [5.41, 5.74) is -2.31. The SMILES string of the molecule is [CH2-]C1c2ccccc2C=Cc2ccc(OS(=O)(=O)C(F)(F)F)cc21.[CH3-].[Y]. The summed E-state index contributed by atoms with van der Waals surface area (Å²) in [5.74, 6) is -0.768. The van der Waals surface area contributed by atoms with Crippen molar-refractivity contribution in [2.45, 2.75) is 11.4 Å². The molecule has 0 saturated carbocycles. The zero-order chi connectivity index (χ0) is 17.5. The van der Waals surface area contributed by atoms with E-state index in [-0.39, 0.29) is 46.1 Å². The second-order valence-corrected chi connectivity index (χ2v) is 6.83. The van der Waals surface area contributed by atoms with Crippen LogP contribution in [-0.4, -0.2) is 13.9 Å². The van der Waals surface area contributed by atoms with Gasteiger partial charge in [-0.15, -0.1) is 5.92 Å². The minimum Gasteiger partial charge on any atom is -0.376 e. The topological polar surface area (TPSA) is 43.4 Å². The van der Waals surface area contributed by atoms with Crippen LogP contribution in [0, 0.1) is 14.4 Å². The third kappa shape index (κ3) is 4.38. The Balaban J connectivity index is 0.00000169. The predicted octanol–water partition coefficient (Wildman–Crippen LogP) is 4.81. The number of halogens is 3. The molecule has 2 aromatic rings. The van der Waals surface area contributed by atoms with Crippen molar-refractivity contribution in [3.8, 4) is 5.75 Å². The molecule has 1 radical (unpaired) electrons. The van der Waals surface area contributed by atoms with Gasteiger partial charge in [-0.05, 0) is 23.3 Å². The second kappa shape index (κ2) is 8.23. The Hall–Kier alpha value is -1.18. The molecule has 3 rings (SSSR count). The van der Waals surface area contributed by atoms with E-state index >= 15 is 0 Å². The van der Waals surface area contributed by atoms with Gasteiger partial charge in [0, 0.05) is 32.7 Å². The van der Waals surface area contributed by atoms with Gasteiger partial charge in [-0.1, -0.05) is 53.6 Å². The van der Waals surface area contributed by atoms with E-state index in [0.29, 0.717) is 5.56 Å². The first-order valence-corrected chi connectivity index (χ1v) is 8.35. The smallest absolute Gasteiger partial charge is 0.376 e. The molecule has 0 spiro atoms. The van der Waals surface area contributed by atoms with E-state index in [1.807, 2.05) is 30.3 Å². The van der Waals surface area contributed by atoms with Crippen LogP contribution in [0.3, 0.4) is 0 Å². The number of hydrogen-bond acceptors (Lipinski definition) is 3. The van der Waals surface area contributed by atoms with Gasteiger partial charge in [0.25, 0.3) is 0 Å². The average Bonchev–Trinajstić information content (AvgIpc) is 2.64. The van der Waals surface area contributed by atoms with Gasteiger partial charge >= 0.3 is 15.6 Å². The van der Waals surface area contributed by atoms with Crippen LogP contribution >= 0.6 is 0 Å². The molecular formula is C18H15F3O3SY-2. The first-order chi connectivity index (χ1) is 11.2. The van der Waals surface area contributed by atoms with E-state index < -0.39 is 21.4 Å². The summed E-state index contributed by atoms with van der Waals surface area (Å²) >= 11 is 0. The van der Waals surface area contributed by atoms with Crippen molar-refractivity contribution >= 4 is 22.3 Å². The molecule has 0 bridgehead atoms. The normalized spacial score (nSPS) is 15.6. The summed E-state index contributed by atoms with van der Waals surface area (Å²) in [4.78, 5) is 0. The molecule has 0 aliphatic heterocycles. The molecule has 0 amide bonds. The van der Waals surface area contributed by atoms with Crippen molar-refractivity contribution in [3.63, 3.8) is 0 Å². The number of fused-ring (bicyclic) bond motifs is 2. The third-order valence-electron chi connectivity index (χ3n) is 3.74. The summed E-state index contributed by atoms with van der Waals surface area (Å²) in [6.45, 7) is 4.06. The zero-order valence-electron chi connectivity index (χ0n) is 13.8. The van der Waals surface area contributed by atoms with Crippen molar-refractivity contribution in [1.29, 1.82) is 0 Å². The molecule has 1 unspecified atom stereocenters. The summed E-state index contributed by atoms with van der Waals surface area (Å²) in [6, 6.07) is 11.5. The fraction of sp³-hybridized carbons (Fsp3) is 0.111. The van der Waals surface area contributed by atoms with Gasteiger partial charge in [0.15, 0.2) is 0 Å². The third-order valence-corrected chi connectivity index (χ3v) is 4.72. The molecule has 26 heavy (non-hydrogen) atoms. The van der Waals surface area contributed by atoms with E-state index in [4.69, 9.17) is 0 Å². The van der Waals surface area contributed by atoms with Crippen LogP contribution in [0.2, 0.25) is 0 Å². The molecule has 1 atom stereocenters. The Labute approximate surface area is 176 Å². The average molecular weight is 457 g/mol. The maximum Gasteiger partial charge on any atom is 0.534 e. The fourth-order valence-corrected chi connectivity index (χ4v) is 3.01. The van der Waals surface area contributed by atoms with Crippen LogP contribution in [0.5, 0.6) is 5.75 Å². The van der Waals surface area contributed by atoms with Gasteiger partial charge in [0.2, 0.25) is 0 Å². The molecule has 0 N–H and O–H groups in total. The molecule has 1 aliphatic carbocycles. The van der Waals surface area contributed by atoms with E-state index in [2.05, 4.69) is 11.1 Å². The van der Waals surface area contributed by atoms with E-state index in [9.17, 15) is 21.6 Å². The van der Waals surface area contributed by atoms with Gasteiger partial charge < -0.3 is 18.5 Å². The zero-order valence-corrected chi connectivity index (χ0v) is 17.5. The molecule has 0 heterocycles. The summed E-state index contributed by atoms with van der Waals surface area (Å²) in [7, 11) is -5.70. The van der Waals surface area contributed by atoms with E-state index in [0.717, 1.165) is 16.7 Å². The second-order valence-electron chi connectivity index (χ2n) is 5.29. The van der Waals surface area contributed by atoms with Crippen LogP contribution in [0.1, 0.15) is 28.2 Å². The molecule has 137 valence electrons. The fourth-order valence-electron chi connectivity index (χ4n) is 2.56. The summed E-state index contributed by atoms with van der Waals surface area (Å²) in [5, 5.41) is 0. The largest absolute Gasteiger partial charge is 0.534 e. The molecule has 8 heteroatoms. The Bertz CT molecular complexity index is 922. The Morgan fingerprint density at radius 2 is 1.54 bits per heavy atom. The Kier molecular flexibility index (Phi) is 7.24. The monoisotopic (exact) mass is 457 g/mol. The Morgan fingerprint density at radius 3 is 2.15 bits per heavy atom. The van der Waals surface area contributed by atoms with Crippen molar-refractivity contribution in [1.82, 2.24) is 0 Å². The molecule has 1 aliphatic rings. The van der Waals surface area contributed by atoms with Gasteiger partial charge in [-0.2, -0.15) is 21.6 Å². The maximum absolute atomic E-state index is 12.5. The number of benzene rings is 2. The number of rotatable bonds is 2. The van der Waals surface area contributed by atoms with Crippen molar-refractivity contribution in [3.05, 3.63) is 79.1 Å². The van der Waals surface area contributed by atoms with E-state index in [1.54, 1.807) is 6.08 Å². The van der Waals surface area contributed by atoms with Crippen LogP contribution in [-0.2, 0) is 42.8 Å². The van der Waals surface area contributed by atoms with Crippen LogP contribution < -0.4 is 4.18 Å². The maximum atomic E-state index is 12.5. The Morgan fingerprint density at radius 1 is 0.962 bits per heavy atom. The van der Waals surface area contributed by atoms with Gasteiger partial charge in [0.05, 0.1) is 0 Å². The van der Waals surface area contributed by atoms with Crippen LogP contribution in [0.25, 0.3) is 12.2 Å². The van der Waals surface area contributed by atoms with Gasteiger partial charge in [-0.3, -0.25) is 0 Å².